The number of aliphatic hydroxyl groups is 2. The van der Waals surface area contributed by atoms with Crippen LogP contribution < -0.4 is 5.73 Å². The normalized spacial score (nSPS) is 27.1. The van der Waals surface area contributed by atoms with Crippen LogP contribution in [0.1, 0.15) is 6.23 Å². The largest absolute Gasteiger partial charge is 0.490 e. The van der Waals surface area contributed by atoms with Gasteiger partial charge in [0.05, 0.1) is 6.61 Å². The molecule has 1 aliphatic heterocycles. The number of aliphatic hydroxyl groups excluding tert-OH is 2. The third-order valence-electron chi connectivity index (χ3n) is 3.87. The number of halogens is 1. The van der Waals surface area contributed by atoms with Crippen LogP contribution in [0.15, 0.2) is 11.1 Å². The van der Waals surface area contributed by atoms with E-state index in [2.05, 4.69) is 44.0 Å². The van der Waals surface area contributed by atoms with Crippen LogP contribution in [0, 0.1) is 0 Å². The van der Waals surface area contributed by atoms with Crippen molar-refractivity contribution in [1.29, 1.82) is 0 Å². The van der Waals surface area contributed by atoms with Gasteiger partial charge in [-0.2, -0.15) is 8.62 Å². The molecule has 3 heterocycles. The fraction of sp³-hybridized carbons (Fsp3) is 0.500. The summed E-state index contributed by atoms with van der Waals surface area (Å²) in [6.45, 7) is -0.972. The maximum absolute atomic E-state index is 11.8. The molecule has 6 atom stereocenters. The zero-order valence-electron chi connectivity index (χ0n) is 16.2. The quantitative estimate of drug-likeness (QED) is 0.105. The number of aromatic nitrogens is 4. The first-order valence-electron chi connectivity index (χ1n) is 8.04. The molecule has 0 aromatic carbocycles. The van der Waals surface area contributed by atoms with E-state index in [0.717, 1.165) is 6.33 Å². The number of rotatable bonds is 8. The molecule has 0 spiro atoms. The molecule has 0 amide bonds. The Morgan fingerprint density at radius 3 is 2.33 bits per heavy atom. The molecule has 23 heteroatoms. The summed E-state index contributed by atoms with van der Waals surface area (Å²) in [4.78, 5) is 47.5. The Morgan fingerprint density at radius 2 is 1.73 bits per heavy atom. The smallest absolute Gasteiger partial charge is 0.387 e. The molecule has 33 heavy (non-hydrogen) atoms. The summed E-state index contributed by atoms with van der Waals surface area (Å²) >= 11 is 3.13. The minimum Gasteiger partial charge on any atom is -0.387 e. The maximum atomic E-state index is 11.8. The average molecular weight is 609 g/mol. The number of phosphoric ester groups is 1. The standard InChI is InChI=1S/C10H15BrN5O13P3.Na/c11-10-15-4-7(12)13-2-14-8(4)16(10)9-6(18)5(17)3(27-9)1-26-31(22,23)29-32(24,25)28-30(19,20)21;/h2-3,5-6,9,17-18H,1H2,(H,22,23)(H,24,25)(H2,12,13,14)(H2,19,20,21);. The van der Waals surface area contributed by atoms with Gasteiger partial charge in [0.15, 0.2) is 27.9 Å². The number of ether oxygens (including phenoxy) is 1. The molecule has 1 radical (unpaired) electrons. The Kier molecular flexibility index (Phi) is 9.45. The van der Waals surface area contributed by atoms with Crippen molar-refractivity contribution < 1.29 is 61.4 Å². The van der Waals surface area contributed by atoms with Crippen molar-refractivity contribution in [3.63, 3.8) is 0 Å². The Hall–Kier alpha value is 0.120. The Morgan fingerprint density at radius 1 is 1.09 bits per heavy atom. The van der Waals surface area contributed by atoms with Gasteiger partial charge in [-0.25, -0.2) is 28.6 Å². The molecule has 1 fully saturated rings. The molecule has 1 saturated heterocycles. The topological polar surface area (TPSA) is 279 Å². The van der Waals surface area contributed by atoms with Gasteiger partial charge in [0.25, 0.3) is 0 Å². The summed E-state index contributed by atoms with van der Waals surface area (Å²) in [5.41, 5.74) is 5.99. The van der Waals surface area contributed by atoms with Crippen molar-refractivity contribution in [3.05, 3.63) is 11.1 Å². The van der Waals surface area contributed by atoms with Gasteiger partial charge in [-0.3, -0.25) is 9.09 Å². The third-order valence-corrected chi connectivity index (χ3v) is 8.23. The number of hydrogen-bond acceptors (Lipinski definition) is 13. The van der Waals surface area contributed by atoms with Crippen LogP contribution in [-0.4, -0.2) is 104 Å². The second kappa shape index (κ2) is 10.6. The first-order chi connectivity index (χ1) is 14.6. The van der Waals surface area contributed by atoms with E-state index in [1.54, 1.807) is 0 Å². The second-order valence-electron chi connectivity index (χ2n) is 6.11. The van der Waals surface area contributed by atoms with Crippen LogP contribution in [-0.2, 0) is 31.6 Å². The van der Waals surface area contributed by atoms with Crippen molar-refractivity contribution in [3.8, 4) is 0 Å². The van der Waals surface area contributed by atoms with Crippen molar-refractivity contribution in [2.45, 2.75) is 24.5 Å². The SMILES string of the molecule is Nc1ncnc2c1nc(Br)n2C1OC(COP(=O)(O)OP(=O)(O)OP(=O)(O)O)C(O)C1O.[Na]. The molecule has 6 unspecified atom stereocenters. The molecule has 2 aromatic heterocycles. The van der Waals surface area contributed by atoms with Gasteiger partial charge < -0.3 is 40.3 Å². The monoisotopic (exact) mass is 608 g/mol. The number of nitrogen functional groups attached to an aromatic ring is 1. The van der Waals surface area contributed by atoms with Crippen LogP contribution in [0.3, 0.4) is 0 Å². The predicted octanol–water partition coefficient (Wildman–Crippen LogP) is -1.25. The number of hydrogen-bond donors (Lipinski definition) is 7. The van der Waals surface area contributed by atoms with E-state index in [4.69, 9.17) is 25.2 Å². The van der Waals surface area contributed by atoms with E-state index in [-0.39, 0.29) is 51.3 Å². The van der Waals surface area contributed by atoms with E-state index in [9.17, 15) is 28.8 Å². The van der Waals surface area contributed by atoms with Crippen molar-refractivity contribution in [1.82, 2.24) is 19.5 Å². The van der Waals surface area contributed by atoms with Gasteiger partial charge in [-0.05, 0) is 15.9 Å². The minimum atomic E-state index is -5.71. The van der Waals surface area contributed by atoms with Crippen LogP contribution >= 0.6 is 39.4 Å². The van der Waals surface area contributed by atoms with Gasteiger partial charge in [-0.1, -0.05) is 0 Å². The van der Waals surface area contributed by atoms with Gasteiger partial charge in [0, 0.05) is 29.6 Å². The second-order valence-corrected chi connectivity index (χ2v) is 11.2. The molecule has 18 nitrogen and oxygen atoms in total. The number of anilines is 1. The number of imidazole rings is 1. The zero-order valence-corrected chi connectivity index (χ0v) is 22.5. The first kappa shape index (κ1) is 29.4. The number of nitrogens with zero attached hydrogens (tertiary/aromatic N) is 4. The fourth-order valence-electron chi connectivity index (χ4n) is 2.68. The van der Waals surface area contributed by atoms with Gasteiger partial charge in [0.2, 0.25) is 0 Å². The van der Waals surface area contributed by atoms with Crippen LogP contribution in [0.4, 0.5) is 5.82 Å². The minimum absolute atomic E-state index is 0. The van der Waals surface area contributed by atoms with E-state index < -0.39 is 54.6 Å². The first-order valence-corrected chi connectivity index (χ1v) is 13.4. The summed E-state index contributed by atoms with van der Waals surface area (Å²) in [5.74, 6) is 0.0201. The van der Waals surface area contributed by atoms with E-state index in [1.807, 2.05) is 0 Å². The van der Waals surface area contributed by atoms with Crippen LogP contribution in [0.25, 0.3) is 11.2 Å². The van der Waals surface area contributed by atoms with Gasteiger partial charge >= 0.3 is 23.5 Å². The molecule has 181 valence electrons. The Bertz CT molecular complexity index is 1160. The predicted molar refractivity (Wildman–Crippen MR) is 109 cm³/mol. The molecule has 8 N–H and O–H groups in total. The number of phosphoric acid groups is 3. The summed E-state index contributed by atoms with van der Waals surface area (Å²) in [6.07, 6.45) is -5.03. The van der Waals surface area contributed by atoms with E-state index in [0.29, 0.717) is 0 Å². The number of nitrogens with two attached hydrogens (primary N) is 1. The van der Waals surface area contributed by atoms with Crippen LogP contribution in [0.5, 0.6) is 0 Å². The fourth-order valence-corrected chi connectivity index (χ4v) is 6.25. The summed E-state index contributed by atoms with van der Waals surface area (Å²) in [7, 11) is -16.7. The molecule has 1 aliphatic rings. The summed E-state index contributed by atoms with van der Waals surface area (Å²) in [6, 6.07) is 0. The zero-order chi connectivity index (χ0) is 24.1. The maximum Gasteiger partial charge on any atom is 0.490 e. The third kappa shape index (κ3) is 7.09. The van der Waals surface area contributed by atoms with E-state index >= 15 is 0 Å². The van der Waals surface area contributed by atoms with Crippen molar-refractivity contribution in [2.24, 2.45) is 0 Å². The molecular formula is C10H15BrN5NaO13P3. The van der Waals surface area contributed by atoms with E-state index in [1.165, 1.54) is 4.57 Å². The molecule has 3 rings (SSSR count). The van der Waals surface area contributed by atoms with Crippen LogP contribution in [0.2, 0.25) is 0 Å². The summed E-state index contributed by atoms with van der Waals surface area (Å²) in [5, 5.41) is 20.6. The number of fused-ring (bicyclic) bond motifs is 1. The average Bonchev–Trinajstić information content (AvgIpc) is 3.08. The Labute approximate surface area is 213 Å². The van der Waals surface area contributed by atoms with Gasteiger partial charge in [-0.15, -0.1) is 0 Å². The Balaban J connectivity index is 0.00000385. The van der Waals surface area contributed by atoms with Crippen molar-refractivity contribution >= 4 is 85.9 Å². The molecule has 0 bridgehead atoms. The van der Waals surface area contributed by atoms with Crippen molar-refractivity contribution in [2.75, 3.05) is 12.3 Å². The summed E-state index contributed by atoms with van der Waals surface area (Å²) < 4.78 is 52.2. The molecule has 0 aliphatic carbocycles. The molecular weight excluding hydrogens is 594 g/mol. The van der Waals surface area contributed by atoms with Gasteiger partial charge in [0.1, 0.15) is 24.6 Å². The molecule has 2 aromatic rings. The molecule has 0 saturated carbocycles.